The number of nitrogens with one attached hydrogen (secondary N) is 2. The fourth-order valence-corrected chi connectivity index (χ4v) is 1.39. The molecule has 8 heteroatoms. The third-order valence-corrected chi connectivity index (χ3v) is 4.90. The lowest BCUT2D eigenvalue weighted by atomic mass is 10.2. The number of amides is 1. The maximum atomic E-state index is 11.7. The van der Waals surface area contributed by atoms with Gasteiger partial charge in [-0.15, -0.1) is 5.10 Å². The van der Waals surface area contributed by atoms with Gasteiger partial charge in [0.15, 0.2) is 9.84 Å². The van der Waals surface area contributed by atoms with E-state index >= 15 is 0 Å². The minimum absolute atomic E-state index is 0.0145. The van der Waals surface area contributed by atoms with Gasteiger partial charge in [0, 0.05) is 19.2 Å². The third kappa shape index (κ3) is 3.28. The molecule has 0 fully saturated rings. The number of rotatable bonds is 5. The second-order valence-electron chi connectivity index (χ2n) is 4.67. The van der Waals surface area contributed by atoms with Crippen LogP contribution in [0.4, 0.5) is 0 Å². The Labute approximate surface area is 106 Å². The van der Waals surface area contributed by atoms with Crippen LogP contribution in [-0.4, -0.2) is 47.1 Å². The molecule has 1 aromatic rings. The second-order valence-corrected chi connectivity index (χ2v) is 7.32. The van der Waals surface area contributed by atoms with Gasteiger partial charge in [0.25, 0.3) is 5.91 Å². The molecule has 1 rings (SSSR count). The molecular formula is C10H18N4O3S. The zero-order valence-corrected chi connectivity index (χ0v) is 11.8. The quantitative estimate of drug-likeness (QED) is 0.781. The summed E-state index contributed by atoms with van der Waals surface area (Å²) in [5, 5.41) is 8.90. The summed E-state index contributed by atoms with van der Waals surface area (Å²) in [6, 6.07) is 0. The molecule has 0 saturated carbocycles. The first-order valence-corrected chi connectivity index (χ1v) is 7.45. The van der Waals surface area contributed by atoms with Crippen molar-refractivity contribution in [1.82, 2.24) is 20.5 Å². The molecule has 0 atom stereocenters. The van der Waals surface area contributed by atoms with E-state index in [2.05, 4.69) is 20.5 Å². The van der Waals surface area contributed by atoms with Gasteiger partial charge in [0.05, 0.1) is 4.75 Å². The number of aromatic nitrogens is 3. The van der Waals surface area contributed by atoms with Crippen LogP contribution in [0.25, 0.3) is 0 Å². The fraction of sp³-hybridized carbons (Fsp3) is 0.700. The smallest absolute Gasteiger partial charge is 0.291 e. The molecule has 7 nitrogen and oxygen atoms in total. The minimum atomic E-state index is -3.24. The molecule has 1 aromatic heterocycles. The van der Waals surface area contributed by atoms with Crippen LogP contribution < -0.4 is 5.32 Å². The monoisotopic (exact) mass is 274 g/mol. The number of hydrogen-bond acceptors (Lipinski definition) is 5. The number of carbonyl (C=O) groups is 1. The molecule has 0 aliphatic carbocycles. The number of carbonyl (C=O) groups excluding carboxylic acids is 1. The van der Waals surface area contributed by atoms with Crippen LogP contribution in [0.15, 0.2) is 0 Å². The Morgan fingerprint density at radius 1 is 1.44 bits per heavy atom. The second kappa shape index (κ2) is 5.05. The number of aromatic amines is 1. The minimum Gasteiger partial charge on any atom is -0.348 e. The van der Waals surface area contributed by atoms with E-state index in [9.17, 15) is 13.2 Å². The molecule has 1 amide bonds. The average molecular weight is 274 g/mol. The molecule has 0 unspecified atom stereocenters. The first kappa shape index (κ1) is 14.6. The Bertz CT molecular complexity index is 533. The van der Waals surface area contributed by atoms with Gasteiger partial charge < -0.3 is 5.32 Å². The highest BCUT2D eigenvalue weighted by atomic mass is 32.2. The lowest BCUT2D eigenvalue weighted by Gasteiger charge is -2.22. The van der Waals surface area contributed by atoms with Gasteiger partial charge in [-0.3, -0.25) is 9.89 Å². The van der Waals surface area contributed by atoms with E-state index < -0.39 is 20.5 Å². The van der Waals surface area contributed by atoms with Crippen molar-refractivity contribution in [2.45, 2.75) is 31.9 Å². The Morgan fingerprint density at radius 3 is 2.50 bits per heavy atom. The van der Waals surface area contributed by atoms with E-state index in [4.69, 9.17) is 0 Å². The van der Waals surface area contributed by atoms with Crippen molar-refractivity contribution in [3.63, 3.8) is 0 Å². The van der Waals surface area contributed by atoms with Crippen LogP contribution in [0, 0.1) is 0 Å². The molecule has 18 heavy (non-hydrogen) atoms. The zero-order valence-electron chi connectivity index (χ0n) is 10.9. The van der Waals surface area contributed by atoms with E-state index in [-0.39, 0.29) is 12.4 Å². The Hall–Kier alpha value is -1.44. The predicted molar refractivity (Wildman–Crippen MR) is 67.0 cm³/mol. The van der Waals surface area contributed by atoms with Crippen molar-refractivity contribution in [3.8, 4) is 0 Å². The summed E-state index contributed by atoms with van der Waals surface area (Å²) in [4.78, 5) is 15.7. The van der Waals surface area contributed by atoms with E-state index in [0.717, 1.165) is 6.26 Å². The molecule has 0 aliphatic rings. The van der Waals surface area contributed by atoms with E-state index in [0.29, 0.717) is 12.2 Å². The van der Waals surface area contributed by atoms with Crippen molar-refractivity contribution >= 4 is 15.7 Å². The van der Waals surface area contributed by atoms with Crippen molar-refractivity contribution < 1.29 is 13.2 Å². The summed E-state index contributed by atoms with van der Waals surface area (Å²) >= 11 is 0. The first-order valence-electron chi connectivity index (χ1n) is 5.56. The lowest BCUT2D eigenvalue weighted by Crippen LogP contribution is -2.44. The van der Waals surface area contributed by atoms with Gasteiger partial charge in [0.2, 0.25) is 5.82 Å². The van der Waals surface area contributed by atoms with Crippen molar-refractivity contribution in [2.75, 3.05) is 12.8 Å². The van der Waals surface area contributed by atoms with Gasteiger partial charge in [-0.1, -0.05) is 6.92 Å². The Balaban J connectivity index is 2.67. The van der Waals surface area contributed by atoms with Crippen LogP contribution >= 0.6 is 0 Å². The highest BCUT2D eigenvalue weighted by molar-refractivity contribution is 7.92. The highest BCUT2D eigenvalue weighted by Gasteiger charge is 2.31. The number of aryl methyl sites for hydroxylation is 1. The molecule has 0 radical (unpaired) electrons. The van der Waals surface area contributed by atoms with Crippen LogP contribution in [0.3, 0.4) is 0 Å². The van der Waals surface area contributed by atoms with Gasteiger partial charge >= 0.3 is 0 Å². The molecule has 2 N–H and O–H groups in total. The summed E-state index contributed by atoms with van der Waals surface area (Å²) in [5.41, 5.74) is 0. The summed E-state index contributed by atoms with van der Waals surface area (Å²) in [5.74, 6) is 0.154. The fourth-order valence-electron chi connectivity index (χ4n) is 1.06. The molecule has 0 saturated heterocycles. The molecular weight excluding hydrogens is 256 g/mol. The summed E-state index contributed by atoms with van der Waals surface area (Å²) in [7, 11) is -3.24. The SMILES string of the molecule is CCc1nc(C(=O)NCC(C)(C)S(C)(=O)=O)n[nH]1. The van der Waals surface area contributed by atoms with Gasteiger partial charge in [-0.25, -0.2) is 13.4 Å². The van der Waals surface area contributed by atoms with Crippen molar-refractivity contribution in [2.24, 2.45) is 0 Å². The number of H-pyrrole nitrogens is 1. The highest BCUT2D eigenvalue weighted by Crippen LogP contribution is 2.13. The van der Waals surface area contributed by atoms with Crippen LogP contribution in [0.5, 0.6) is 0 Å². The Morgan fingerprint density at radius 2 is 2.06 bits per heavy atom. The molecule has 0 aromatic carbocycles. The Kier molecular flexibility index (Phi) is 4.10. The first-order chi connectivity index (χ1) is 8.17. The third-order valence-electron chi connectivity index (χ3n) is 2.75. The van der Waals surface area contributed by atoms with E-state index in [1.807, 2.05) is 6.92 Å². The molecule has 0 bridgehead atoms. The van der Waals surface area contributed by atoms with E-state index in [1.54, 1.807) is 13.8 Å². The lowest BCUT2D eigenvalue weighted by molar-refractivity contribution is 0.0940. The van der Waals surface area contributed by atoms with Gasteiger partial charge in [-0.05, 0) is 13.8 Å². The number of sulfone groups is 1. The molecule has 0 aliphatic heterocycles. The maximum absolute atomic E-state index is 11.7. The summed E-state index contributed by atoms with van der Waals surface area (Å²) in [6.45, 7) is 5.01. The topological polar surface area (TPSA) is 105 Å². The predicted octanol–water partition coefficient (Wildman–Crippen LogP) is -0.0799. The van der Waals surface area contributed by atoms with E-state index in [1.165, 1.54) is 0 Å². The molecule has 0 spiro atoms. The zero-order chi connectivity index (χ0) is 14.0. The number of nitrogens with zero attached hydrogens (tertiary/aromatic N) is 2. The molecule has 102 valence electrons. The van der Waals surface area contributed by atoms with Crippen LogP contribution in [-0.2, 0) is 16.3 Å². The standard InChI is InChI=1S/C10H18N4O3S/c1-5-7-12-8(14-13-7)9(15)11-6-10(2,3)18(4,16)17/h5-6H2,1-4H3,(H,11,15)(H,12,13,14). The summed E-state index contributed by atoms with van der Waals surface area (Å²) < 4.78 is 21.9. The van der Waals surface area contributed by atoms with Crippen molar-refractivity contribution in [3.05, 3.63) is 11.6 Å². The molecule has 1 heterocycles. The van der Waals surface area contributed by atoms with Crippen LogP contribution in [0.1, 0.15) is 37.2 Å². The average Bonchev–Trinajstić information content (AvgIpc) is 2.73. The number of hydrogen-bond donors (Lipinski definition) is 2. The van der Waals surface area contributed by atoms with Crippen molar-refractivity contribution in [1.29, 1.82) is 0 Å². The maximum Gasteiger partial charge on any atom is 0.291 e. The van der Waals surface area contributed by atoms with Crippen LogP contribution in [0.2, 0.25) is 0 Å². The summed E-state index contributed by atoms with van der Waals surface area (Å²) in [6.07, 6.45) is 1.79. The normalized spacial score (nSPS) is 12.4. The van der Waals surface area contributed by atoms with Gasteiger partial charge in [0.1, 0.15) is 5.82 Å². The van der Waals surface area contributed by atoms with Gasteiger partial charge in [-0.2, -0.15) is 0 Å². The largest absolute Gasteiger partial charge is 0.348 e.